The number of H-pyrrole nitrogens is 2. The normalized spacial score (nSPS) is 11.4. The molecule has 0 fully saturated rings. The summed E-state index contributed by atoms with van der Waals surface area (Å²) in [6, 6.07) is 1.73. The smallest absolute Gasteiger partial charge is 0.307 e. The highest BCUT2D eigenvalue weighted by molar-refractivity contribution is 5.76. The number of hydrogen-bond donors (Lipinski definition) is 2. The van der Waals surface area contributed by atoms with Gasteiger partial charge in [0.15, 0.2) is 0 Å². The lowest BCUT2D eigenvalue weighted by atomic mass is 10.2. The molecule has 0 spiro atoms. The molecule has 0 aliphatic rings. The fourth-order valence-corrected chi connectivity index (χ4v) is 1.40. The number of benzene rings is 1. The van der Waals surface area contributed by atoms with Crippen molar-refractivity contribution in [2.24, 2.45) is 4.99 Å². The van der Waals surface area contributed by atoms with Crippen LogP contribution in [-0.2, 0) is 0 Å². The summed E-state index contributed by atoms with van der Waals surface area (Å²) in [4.78, 5) is 28.9. The molecule has 8 nitrogen and oxygen atoms in total. The van der Waals surface area contributed by atoms with E-state index in [1.807, 2.05) is 0 Å². The van der Waals surface area contributed by atoms with Crippen molar-refractivity contribution in [3.05, 3.63) is 43.9 Å². The highest BCUT2D eigenvalue weighted by Crippen LogP contribution is 2.20. The van der Waals surface area contributed by atoms with Crippen molar-refractivity contribution >= 4 is 16.7 Å². The fourth-order valence-electron chi connectivity index (χ4n) is 1.40. The topological polar surface area (TPSA) is 128 Å². The predicted octanol–water partition coefficient (Wildman–Crippen LogP) is 0.285. The number of nitro benzene ring substituents is 1. The zero-order valence-corrected chi connectivity index (χ0v) is 8.60. The summed E-state index contributed by atoms with van der Waals surface area (Å²) < 4.78 is 13.3. The van der Waals surface area contributed by atoms with Crippen LogP contribution >= 0.6 is 0 Å². The summed E-state index contributed by atoms with van der Waals surface area (Å²) >= 11 is 0. The lowest BCUT2D eigenvalue weighted by molar-refractivity contribution is -0.387. The Morgan fingerprint density at radius 2 is 2.06 bits per heavy atom. The molecule has 0 bridgehead atoms. The number of aromatic nitrogens is 2. The number of nitro groups is 1. The molecule has 9 heteroatoms. The summed E-state index contributed by atoms with van der Waals surface area (Å²) in [6.45, 7) is 0. The largest absolute Gasteiger partial charge is 0.333 e. The molecule has 0 radical (unpaired) electrons. The average molecular weight is 249 g/mol. The number of nitrogens with one attached hydrogen (secondary N) is 2. The van der Waals surface area contributed by atoms with Crippen molar-refractivity contribution < 1.29 is 9.31 Å². The molecule has 0 atom stereocenters. The van der Waals surface area contributed by atoms with Crippen LogP contribution in [-0.4, -0.2) is 14.9 Å². The van der Waals surface area contributed by atoms with Crippen molar-refractivity contribution in [2.45, 2.75) is 0 Å². The van der Waals surface area contributed by atoms with Crippen molar-refractivity contribution in [1.82, 2.24) is 9.97 Å². The van der Waals surface area contributed by atoms with E-state index in [4.69, 9.17) is 5.26 Å². The summed E-state index contributed by atoms with van der Waals surface area (Å²) in [7, 11) is 0. The van der Waals surface area contributed by atoms with Crippen molar-refractivity contribution in [2.75, 3.05) is 0 Å². The lowest BCUT2D eigenvalue weighted by Gasteiger charge is -1.99. The maximum Gasteiger partial charge on any atom is 0.307 e. The molecular weight excluding hydrogens is 245 g/mol. The Morgan fingerprint density at radius 3 is 2.67 bits per heavy atom. The Morgan fingerprint density at radius 1 is 1.39 bits per heavy atom. The third-order valence-corrected chi connectivity index (χ3v) is 2.16. The van der Waals surface area contributed by atoms with Gasteiger partial charge in [-0.05, 0) is 0 Å². The summed E-state index contributed by atoms with van der Waals surface area (Å²) in [5, 5.41) is 18.9. The van der Waals surface area contributed by atoms with Crippen LogP contribution in [0.1, 0.15) is 0 Å². The van der Waals surface area contributed by atoms with Gasteiger partial charge in [-0.2, -0.15) is 9.65 Å². The van der Waals surface area contributed by atoms with Crippen LogP contribution < -0.4 is 11.0 Å². The standard InChI is InChI=1S/C9H4FN5O3/c10-4-1-5-6(2-7(4)15(17)18)13-8(12-3-11)9(16)14-5/h1-2H,(H,12,13)(H,14,16). The molecule has 18 heavy (non-hydrogen) atoms. The van der Waals surface area contributed by atoms with Gasteiger partial charge < -0.3 is 9.97 Å². The molecule has 1 aromatic heterocycles. The van der Waals surface area contributed by atoms with Gasteiger partial charge in [0.25, 0.3) is 5.56 Å². The SMILES string of the molecule is N#C/N=c1/[nH]c2cc([N+](=O)[O-])c(F)cc2[nH]c1=O. The van der Waals surface area contributed by atoms with Gasteiger partial charge >= 0.3 is 5.69 Å². The average Bonchev–Trinajstić information content (AvgIpc) is 2.30. The molecule has 0 aliphatic carbocycles. The number of fused-ring (bicyclic) bond motifs is 1. The van der Waals surface area contributed by atoms with E-state index in [9.17, 15) is 19.3 Å². The van der Waals surface area contributed by atoms with E-state index in [1.165, 1.54) is 6.19 Å². The molecule has 0 saturated heterocycles. The van der Waals surface area contributed by atoms with E-state index in [2.05, 4.69) is 15.0 Å². The van der Waals surface area contributed by atoms with Crippen molar-refractivity contribution in [1.29, 1.82) is 5.26 Å². The minimum Gasteiger partial charge on any atom is -0.333 e. The van der Waals surface area contributed by atoms with Gasteiger partial charge in [-0.1, -0.05) is 0 Å². The molecule has 0 unspecified atom stereocenters. The van der Waals surface area contributed by atoms with Gasteiger partial charge in [0.05, 0.1) is 16.0 Å². The molecule has 2 rings (SSSR count). The molecule has 0 amide bonds. The number of halogens is 1. The van der Waals surface area contributed by atoms with Crippen LogP contribution in [0.15, 0.2) is 21.9 Å². The second-order valence-electron chi connectivity index (χ2n) is 3.25. The summed E-state index contributed by atoms with van der Waals surface area (Å²) in [5.41, 5.74) is -1.64. The number of aromatic amines is 2. The highest BCUT2D eigenvalue weighted by atomic mass is 19.1. The Hall–Kier alpha value is -3.02. The van der Waals surface area contributed by atoms with Crippen LogP contribution in [0.3, 0.4) is 0 Å². The molecule has 2 aromatic rings. The van der Waals surface area contributed by atoms with E-state index in [-0.39, 0.29) is 16.5 Å². The zero-order chi connectivity index (χ0) is 13.3. The van der Waals surface area contributed by atoms with E-state index in [1.54, 1.807) is 0 Å². The minimum atomic E-state index is -1.07. The van der Waals surface area contributed by atoms with Crippen LogP contribution in [0.25, 0.3) is 11.0 Å². The molecule has 1 aromatic carbocycles. The predicted molar refractivity (Wildman–Crippen MR) is 56.7 cm³/mol. The van der Waals surface area contributed by atoms with E-state index in [0.717, 1.165) is 12.1 Å². The fraction of sp³-hybridized carbons (Fsp3) is 0. The first kappa shape index (κ1) is 11.5. The van der Waals surface area contributed by atoms with Gasteiger partial charge in [-0.25, -0.2) is 0 Å². The second-order valence-corrected chi connectivity index (χ2v) is 3.25. The molecule has 2 N–H and O–H groups in total. The first-order chi connectivity index (χ1) is 8.52. The molecule has 0 saturated carbocycles. The number of nitriles is 1. The first-order valence-corrected chi connectivity index (χ1v) is 4.56. The Labute approximate surface area is 97.2 Å². The van der Waals surface area contributed by atoms with Crippen LogP contribution in [0.5, 0.6) is 0 Å². The molecular formula is C9H4FN5O3. The molecule has 1 heterocycles. The number of rotatable bonds is 1. The zero-order valence-electron chi connectivity index (χ0n) is 8.60. The van der Waals surface area contributed by atoms with Crippen LogP contribution in [0.2, 0.25) is 0 Å². The number of hydrogen-bond acceptors (Lipinski definition) is 5. The summed E-state index contributed by atoms with van der Waals surface area (Å²) in [6.07, 6.45) is 1.40. The van der Waals surface area contributed by atoms with Gasteiger partial charge in [-0.3, -0.25) is 14.9 Å². The minimum absolute atomic E-state index is 0.0417. The van der Waals surface area contributed by atoms with Crippen LogP contribution in [0, 0.1) is 27.4 Å². The Balaban J connectivity index is 2.89. The quantitative estimate of drug-likeness (QED) is 0.427. The van der Waals surface area contributed by atoms with Gasteiger partial charge in [0, 0.05) is 12.1 Å². The van der Waals surface area contributed by atoms with E-state index in [0.29, 0.717) is 0 Å². The van der Waals surface area contributed by atoms with Gasteiger partial charge in [0.2, 0.25) is 17.5 Å². The monoisotopic (exact) mass is 249 g/mol. The van der Waals surface area contributed by atoms with Gasteiger partial charge in [0.1, 0.15) is 0 Å². The van der Waals surface area contributed by atoms with Crippen molar-refractivity contribution in [3.63, 3.8) is 0 Å². The van der Waals surface area contributed by atoms with Crippen molar-refractivity contribution in [3.8, 4) is 6.19 Å². The second kappa shape index (κ2) is 4.10. The first-order valence-electron chi connectivity index (χ1n) is 4.56. The molecule has 0 aliphatic heterocycles. The summed E-state index contributed by atoms with van der Waals surface area (Å²) in [5.74, 6) is -1.07. The Bertz CT molecular complexity index is 814. The molecule has 90 valence electrons. The highest BCUT2D eigenvalue weighted by Gasteiger charge is 2.15. The van der Waals surface area contributed by atoms with E-state index >= 15 is 0 Å². The Kier molecular flexibility index (Phi) is 2.61. The number of nitrogens with zero attached hydrogens (tertiary/aromatic N) is 3. The van der Waals surface area contributed by atoms with Crippen LogP contribution in [0.4, 0.5) is 10.1 Å². The van der Waals surface area contributed by atoms with Gasteiger partial charge in [-0.15, -0.1) is 4.99 Å². The maximum atomic E-state index is 13.3. The lowest BCUT2D eigenvalue weighted by Crippen LogP contribution is -2.30. The third-order valence-electron chi connectivity index (χ3n) is 2.16. The van der Waals surface area contributed by atoms with E-state index < -0.39 is 22.0 Å². The third kappa shape index (κ3) is 1.82. The maximum absolute atomic E-state index is 13.3.